The number of hydrogen-bond donors (Lipinski definition) is 2. The molecule has 3 N–H and O–H groups in total. The average Bonchev–Trinajstić information content (AvgIpc) is 2.60. The summed E-state index contributed by atoms with van der Waals surface area (Å²) in [5.74, 6) is -1.13. The van der Waals surface area contributed by atoms with E-state index in [4.69, 9.17) is 10.5 Å². The van der Waals surface area contributed by atoms with E-state index in [1.54, 1.807) is 0 Å². The molecule has 6 nitrogen and oxygen atoms in total. The summed E-state index contributed by atoms with van der Waals surface area (Å²) in [5, 5.41) is 2.67. The van der Waals surface area contributed by atoms with Crippen molar-refractivity contribution in [2.45, 2.75) is 45.6 Å². The summed E-state index contributed by atoms with van der Waals surface area (Å²) >= 11 is 0. The molecule has 0 aliphatic carbocycles. The molecule has 2 amide bonds. The van der Waals surface area contributed by atoms with Crippen molar-refractivity contribution in [3.05, 3.63) is 65.2 Å². The summed E-state index contributed by atoms with van der Waals surface area (Å²) in [4.78, 5) is 35.2. The van der Waals surface area contributed by atoms with E-state index in [0.29, 0.717) is 17.7 Å². The van der Waals surface area contributed by atoms with Crippen molar-refractivity contribution in [3.8, 4) is 5.75 Å². The summed E-state index contributed by atoms with van der Waals surface area (Å²) < 4.78 is 4.94. The van der Waals surface area contributed by atoms with E-state index in [0.717, 1.165) is 5.56 Å². The number of ether oxygens (including phenoxy) is 1. The van der Waals surface area contributed by atoms with Gasteiger partial charge in [-0.25, -0.2) is 0 Å². The van der Waals surface area contributed by atoms with E-state index in [-0.39, 0.29) is 5.41 Å². The van der Waals surface area contributed by atoms with Gasteiger partial charge in [0, 0.05) is 18.9 Å². The SMILES string of the molecule is CC(=O)Oc1ccc(C(=O)N[C@H](Cc2ccc(C(C)(C)C)cc2)C(N)=O)cc1. The van der Waals surface area contributed by atoms with Crippen LogP contribution in [-0.2, 0) is 21.4 Å². The van der Waals surface area contributed by atoms with Crippen LogP contribution in [0.4, 0.5) is 0 Å². The number of benzene rings is 2. The number of carbonyl (C=O) groups is 3. The molecule has 28 heavy (non-hydrogen) atoms. The van der Waals surface area contributed by atoms with Crippen LogP contribution < -0.4 is 15.8 Å². The number of primary amides is 1. The number of hydrogen-bond acceptors (Lipinski definition) is 4. The number of amides is 2. The Morgan fingerprint density at radius 2 is 1.57 bits per heavy atom. The van der Waals surface area contributed by atoms with Crippen LogP contribution in [0.1, 0.15) is 49.2 Å². The van der Waals surface area contributed by atoms with Gasteiger partial charge in [0.2, 0.25) is 5.91 Å². The highest BCUT2D eigenvalue weighted by Gasteiger charge is 2.20. The maximum atomic E-state index is 12.4. The number of nitrogens with two attached hydrogens (primary N) is 1. The smallest absolute Gasteiger partial charge is 0.308 e. The minimum absolute atomic E-state index is 0.0358. The van der Waals surface area contributed by atoms with Gasteiger partial charge in [-0.2, -0.15) is 0 Å². The van der Waals surface area contributed by atoms with Crippen molar-refractivity contribution in [2.24, 2.45) is 5.73 Å². The van der Waals surface area contributed by atoms with E-state index in [2.05, 4.69) is 26.1 Å². The summed E-state index contributed by atoms with van der Waals surface area (Å²) in [6.07, 6.45) is 0.303. The fourth-order valence-electron chi connectivity index (χ4n) is 2.68. The Bertz CT molecular complexity index is 850. The average molecular weight is 382 g/mol. The van der Waals surface area contributed by atoms with Crippen LogP contribution in [0.25, 0.3) is 0 Å². The quantitative estimate of drug-likeness (QED) is 0.593. The van der Waals surface area contributed by atoms with E-state index in [9.17, 15) is 14.4 Å². The minimum Gasteiger partial charge on any atom is -0.427 e. The van der Waals surface area contributed by atoms with Gasteiger partial charge in [0.25, 0.3) is 5.91 Å². The molecule has 0 heterocycles. The third-order valence-electron chi connectivity index (χ3n) is 4.29. The first-order valence-corrected chi connectivity index (χ1v) is 9.04. The molecule has 0 saturated heterocycles. The predicted molar refractivity (Wildman–Crippen MR) is 107 cm³/mol. The molecule has 0 unspecified atom stereocenters. The molecule has 6 heteroatoms. The second kappa shape index (κ2) is 8.69. The first kappa shape index (κ1) is 21.2. The van der Waals surface area contributed by atoms with Crippen LogP contribution in [0, 0.1) is 0 Å². The number of nitrogens with one attached hydrogen (secondary N) is 1. The molecule has 2 aromatic carbocycles. The van der Waals surface area contributed by atoms with Gasteiger partial charge >= 0.3 is 5.97 Å². The second-order valence-electron chi connectivity index (χ2n) is 7.70. The number of carbonyl (C=O) groups excluding carboxylic acids is 3. The van der Waals surface area contributed by atoms with Crippen molar-refractivity contribution < 1.29 is 19.1 Å². The molecule has 0 spiro atoms. The Morgan fingerprint density at radius 3 is 2.04 bits per heavy atom. The number of rotatable bonds is 6. The third kappa shape index (κ3) is 5.94. The molecule has 0 radical (unpaired) electrons. The third-order valence-corrected chi connectivity index (χ3v) is 4.29. The summed E-state index contributed by atoms with van der Waals surface area (Å²) in [6, 6.07) is 13.1. The Labute approximate surface area is 165 Å². The first-order valence-electron chi connectivity index (χ1n) is 9.04. The zero-order chi connectivity index (χ0) is 20.9. The molecule has 148 valence electrons. The van der Waals surface area contributed by atoms with Crippen molar-refractivity contribution in [1.29, 1.82) is 0 Å². The van der Waals surface area contributed by atoms with Crippen LogP contribution in [0.2, 0.25) is 0 Å². The van der Waals surface area contributed by atoms with Crippen LogP contribution >= 0.6 is 0 Å². The molecular weight excluding hydrogens is 356 g/mol. The van der Waals surface area contributed by atoms with E-state index in [1.807, 2.05) is 24.3 Å². The molecule has 0 saturated carbocycles. The molecule has 0 aliphatic rings. The maximum absolute atomic E-state index is 12.4. The number of esters is 1. The van der Waals surface area contributed by atoms with Gasteiger partial charge in [-0.1, -0.05) is 45.0 Å². The van der Waals surface area contributed by atoms with E-state index >= 15 is 0 Å². The maximum Gasteiger partial charge on any atom is 0.308 e. The zero-order valence-electron chi connectivity index (χ0n) is 16.6. The van der Waals surface area contributed by atoms with Gasteiger partial charge in [0.05, 0.1) is 0 Å². The van der Waals surface area contributed by atoms with Crippen LogP contribution in [-0.4, -0.2) is 23.8 Å². The molecule has 0 fully saturated rings. The summed E-state index contributed by atoms with van der Waals surface area (Å²) in [6.45, 7) is 7.68. The molecular formula is C22H26N2O4. The summed E-state index contributed by atoms with van der Waals surface area (Å²) in [7, 11) is 0. The van der Waals surface area contributed by atoms with Gasteiger partial charge in [-0.15, -0.1) is 0 Å². The predicted octanol–water partition coefficient (Wildman–Crippen LogP) is 2.74. The van der Waals surface area contributed by atoms with Crippen molar-refractivity contribution in [1.82, 2.24) is 5.32 Å². The lowest BCUT2D eigenvalue weighted by atomic mass is 9.86. The monoisotopic (exact) mass is 382 g/mol. The lowest BCUT2D eigenvalue weighted by Gasteiger charge is -2.20. The zero-order valence-corrected chi connectivity index (χ0v) is 16.6. The van der Waals surface area contributed by atoms with Gasteiger partial charge in [-0.05, 0) is 40.8 Å². The van der Waals surface area contributed by atoms with E-state index in [1.165, 1.54) is 36.8 Å². The van der Waals surface area contributed by atoms with Crippen LogP contribution in [0.3, 0.4) is 0 Å². The Morgan fingerprint density at radius 1 is 1.00 bits per heavy atom. The minimum atomic E-state index is -0.832. The Hall–Kier alpha value is -3.15. The Kier molecular flexibility index (Phi) is 6.57. The van der Waals surface area contributed by atoms with E-state index < -0.39 is 23.8 Å². The molecule has 2 rings (SSSR count). The van der Waals surface area contributed by atoms with Gasteiger partial charge < -0.3 is 15.8 Å². The highest BCUT2D eigenvalue weighted by atomic mass is 16.5. The summed E-state index contributed by atoms with van der Waals surface area (Å²) in [5.41, 5.74) is 7.94. The molecule has 0 bridgehead atoms. The van der Waals surface area contributed by atoms with Gasteiger partial charge in [0.15, 0.2) is 0 Å². The van der Waals surface area contributed by atoms with Crippen LogP contribution in [0.5, 0.6) is 5.75 Å². The van der Waals surface area contributed by atoms with Crippen molar-refractivity contribution in [3.63, 3.8) is 0 Å². The molecule has 0 aliphatic heterocycles. The standard InChI is InChI=1S/C22H26N2O4/c1-14(25)28-18-11-7-16(8-12-18)21(27)24-19(20(23)26)13-15-5-9-17(10-6-15)22(2,3)4/h5-12,19H,13H2,1-4H3,(H2,23,26)(H,24,27)/t19-/m1/s1. The normalized spacial score (nSPS) is 12.1. The highest BCUT2D eigenvalue weighted by Crippen LogP contribution is 2.22. The topological polar surface area (TPSA) is 98.5 Å². The lowest BCUT2D eigenvalue weighted by Crippen LogP contribution is -2.45. The van der Waals surface area contributed by atoms with Crippen molar-refractivity contribution >= 4 is 17.8 Å². The van der Waals surface area contributed by atoms with Crippen molar-refractivity contribution in [2.75, 3.05) is 0 Å². The molecule has 0 aromatic heterocycles. The fraction of sp³-hybridized carbons (Fsp3) is 0.318. The van der Waals surface area contributed by atoms with Gasteiger partial charge in [0.1, 0.15) is 11.8 Å². The van der Waals surface area contributed by atoms with Crippen LogP contribution in [0.15, 0.2) is 48.5 Å². The lowest BCUT2D eigenvalue weighted by molar-refractivity contribution is -0.131. The van der Waals surface area contributed by atoms with Gasteiger partial charge in [-0.3, -0.25) is 14.4 Å². The fourth-order valence-corrected chi connectivity index (χ4v) is 2.68. The largest absolute Gasteiger partial charge is 0.427 e. The first-order chi connectivity index (χ1) is 13.1. The second-order valence-corrected chi connectivity index (χ2v) is 7.70. The molecule has 2 aromatic rings. The Balaban J connectivity index is 2.07. The molecule has 1 atom stereocenters. The highest BCUT2D eigenvalue weighted by molar-refractivity contribution is 5.97.